The predicted octanol–water partition coefficient (Wildman–Crippen LogP) is -1.89. The zero-order chi connectivity index (χ0) is 21.0. The molecule has 1 fully saturated rings. The number of aliphatic hydroxyl groups is 3. The lowest BCUT2D eigenvalue weighted by Gasteiger charge is -2.41. The number of aromatic nitrogens is 2. The van der Waals surface area contributed by atoms with E-state index < -0.39 is 33.6 Å². The standard InChI is InChI=1S/C13H23N5O4.CH4O.H3O2P/c1-15-10-12(14)16-6-17-13(10)18(2)9-4-7(19)11(20)8(22-9)5-21-3;1-2;1-3-2/h6-9,11,15,19-20H,4-5H2,1-3H3,(H2,14,16,17);2H,1H3;1-3H/t7-,8?,9?,11-;;/m0../s1. The Morgan fingerprint density at radius 3 is 2.48 bits per heavy atom. The Hall–Kier alpha value is -1.37. The van der Waals surface area contributed by atoms with Crippen molar-refractivity contribution < 1.29 is 34.6 Å². The van der Waals surface area contributed by atoms with Crippen molar-refractivity contribution in [3.8, 4) is 0 Å². The Labute approximate surface area is 159 Å². The number of aliphatic hydroxyl groups excluding tert-OH is 3. The first-order chi connectivity index (χ1) is 12.9. The van der Waals surface area contributed by atoms with Gasteiger partial charge in [-0.2, -0.15) is 0 Å². The largest absolute Gasteiger partial charge is 0.400 e. The van der Waals surface area contributed by atoms with Gasteiger partial charge in [-0.3, -0.25) is 0 Å². The maximum absolute atomic E-state index is 10.0. The molecule has 2 rings (SSSR count). The summed E-state index contributed by atoms with van der Waals surface area (Å²) >= 11 is 0. The van der Waals surface area contributed by atoms with Crippen LogP contribution in [0, 0.1) is 0 Å². The van der Waals surface area contributed by atoms with Gasteiger partial charge in [-0.15, -0.1) is 0 Å². The van der Waals surface area contributed by atoms with E-state index in [0.29, 0.717) is 17.3 Å². The Morgan fingerprint density at radius 2 is 1.96 bits per heavy atom. The van der Waals surface area contributed by atoms with Crippen molar-refractivity contribution in [2.24, 2.45) is 0 Å². The summed E-state index contributed by atoms with van der Waals surface area (Å²) in [6, 6.07) is 0. The SMILES string of the molecule is CNc1c(N)ncnc1N(C)C1C[C@H](O)[C@H](O)C(COC)O1.CO.OPO. The summed E-state index contributed by atoms with van der Waals surface area (Å²) in [5.74, 6) is 0.879. The highest BCUT2D eigenvalue weighted by Crippen LogP contribution is 2.31. The van der Waals surface area contributed by atoms with Crippen LogP contribution in [0.3, 0.4) is 0 Å². The summed E-state index contributed by atoms with van der Waals surface area (Å²) in [6.45, 7) is 0.188. The number of hydrogen-bond donors (Lipinski definition) is 7. The van der Waals surface area contributed by atoms with E-state index in [-0.39, 0.29) is 13.0 Å². The monoisotopic (exact) mass is 411 g/mol. The fourth-order valence-corrected chi connectivity index (χ4v) is 2.52. The molecule has 0 radical (unpaired) electrons. The Kier molecular flexibility index (Phi) is 13.0. The normalized spacial score (nSPS) is 24.0. The molecule has 12 nitrogen and oxygen atoms in total. The van der Waals surface area contributed by atoms with Gasteiger partial charge in [0.25, 0.3) is 0 Å². The number of anilines is 3. The summed E-state index contributed by atoms with van der Waals surface area (Å²) < 4.78 is 10.9. The van der Waals surface area contributed by atoms with Crippen LogP contribution >= 0.6 is 9.03 Å². The third-order valence-electron chi connectivity index (χ3n) is 3.75. The van der Waals surface area contributed by atoms with Crippen LogP contribution in [-0.4, -0.2) is 94.5 Å². The van der Waals surface area contributed by atoms with E-state index in [0.717, 1.165) is 7.11 Å². The van der Waals surface area contributed by atoms with Gasteiger partial charge in [0.15, 0.2) is 11.6 Å². The van der Waals surface area contributed by atoms with Crippen molar-refractivity contribution in [3.05, 3.63) is 6.33 Å². The number of nitrogens with one attached hydrogen (secondary N) is 1. The predicted molar refractivity (Wildman–Crippen MR) is 102 cm³/mol. The molecule has 1 aliphatic heterocycles. The van der Waals surface area contributed by atoms with Crippen LogP contribution in [0.4, 0.5) is 17.3 Å². The number of nitrogen functional groups attached to an aromatic ring is 1. The molecule has 1 aromatic rings. The van der Waals surface area contributed by atoms with E-state index in [1.54, 1.807) is 19.0 Å². The van der Waals surface area contributed by atoms with Crippen LogP contribution in [0.5, 0.6) is 0 Å². The van der Waals surface area contributed by atoms with E-state index in [2.05, 4.69) is 15.3 Å². The van der Waals surface area contributed by atoms with Gasteiger partial charge in [0.2, 0.25) is 0 Å². The lowest BCUT2D eigenvalue weighted by molar-refractivity contribution is -0.181. The molecule has 1 aliphatic rings. The van der Waals surface area contributed by atoms with Crippen molar-refractivity contribution >= 4 is 26.4 Å². The molecule has 8 N–H and O–H groups in total. The maximum atomic E-state index is 10.0. The highest BCUT2D eigenvalue weighted by Gasteiger charge is 2.39. The van der Waals surface area contributed by atoms with Crippen molar-refractivity contribution in [3.63, 3.8) is 0 Å². The molecule has 2 heterocycles. The van der Waals surface area contributed by atoms with Gasteiger partial charge in [0.1, 0.15) is 39.5 Å². The molecule has 0 amide bonds. The van der Waals surface area contributed by atoms with Gasteiger partial charge in [-0.25, -0.2) is 9.97 Å². The molecule has 0 bridgehead atoms. The third-order valence-corrected chi connectivity index (χ3v) is 3.75. The van der Waals surface area contributed by atoms with Gasteiger partial charge >= 0.3 is 0 Å². The lowest BCUT2D eigenvalue weighted by Crippen LogP contribution is -2.54. The Morgan fingerprint density at radius 1 is 1.37 bits per heavy atom. The van der Waals surface area contributed by atoms with Crippen molar-refractivity contribution in [2.75, 3.05) is 50.9 Å². The number of nitrogens with two attached hydrogens (primary N) is 1. The molecule has 0 spiro atoms. The summed E-state index contributed by atoms with van der Waals surface area (Å²) in [6.07, 6.45) is -1.37. The fourth-order valence-electron chi connectivity index (χ4n) is 2.52. The molecule has 0 saturated carbocycles. The minimum atomic E-state index is -0.983. The smallest absolute Gasteiger partial charge is 0.159 e. The van der Waals surface area contributed by atoms with E-state index in [1.807, 2.05) is 0 Å². The van der Waals surface area contributed by atoms with E-state index in [1.165, 1.54) is 13.4 Å². The average molecular weight is 411 g/mol. The summed E-state index contributed by atoms with van der Waals surface area (Å²) in [4.78, 5) is 24.2. The van der Waals surface area contributed by atoms with Crippen molar-refractivity contribution in [1.29, 1.82) is 0 Å². The second-order valence-corrected chi connectivity index (χ2v) is 5.50. The second-order valence-electron chi connectivity index (χ2n) is 5.30. The van der Waals surface area contributed by atoms with Gasteiger partial charge in [0, 0.05) is 34.7 Å². The molecule has 4 atom stereocenters. The van der Waals surface area contributed by atoms with Crippen molar-refractivity contribution in [1.82, 2.24) is 9.97 Å². The highest BCUT2D eigenvalue weighted by molar-refractivity contribution is 7.23. The number of nitrogens with zero attached hydrogens (tertiary/aromatic N) is 3. The minimum Gasteiger partial charge on any atom is -0.400 e. The molecular weight excluding hydrogens is 381 g/mol. The van der Waals surface area contributed by atoms with Gasteiger partial charge in [0.05, 0.1) is 12.7 Å². The molecule has 27 heavy (non-hydrogen) atoms. The number of rotatable bonds is 5. The minimum absolute atomic E-state index is 0.188. The van der Waals surface area contributed by atoms with Gasteiger partial charge < -0.3 is 50.5 Å². The summed E-state index contributed by atoms with van der Waals surface area (Å²) in [5, 5.41) is 29.9. The van der Waals surface area contributed by atoms with Crippen LogP contribution < -0.4 is 16.0 Å². The van der Waals surface area contributed by atoms with Crippen LogP contribution in [0.15, 0.2) is 6.33 Å². The molecule has 158 valence electrons. The zero-order valence-electron chi connectivity index (χ0n) is 15.8. The molecule has 0 aromatic carbocycles. The van der Waals surface area contributed by atoms with Crippen molar-refractivity contribution in [2.45, 2.75) is 31.0 Å². The third kappa shape index (κ3) is 7.28. The van der Waals surface area contributed by atoms with Gasteiger partial charge in [-0.05, 0) is 0 Å². The summed E-state index contributed by atoms with van der Waals surface area (Å²) in [5.41, 5.74) is 6.41. The van der Waals surface area contributed by atoms with E-state index >= 15 is 0 Å². The molecule has 2 unspecified atom stereocenters. The molecule has 0 aliphatic carbocycles. The molecular formula is C14H30N5O7P. The first-order valence-electron chi connectivity index (χ1n) is 7.90. The second kappa shape index (κ2) is 13.7. The van der Waals surface area contributed by atoms with Gasteiger partial charge in [-0.1, -0.05) is 0 Å². The van der Waals surface area contributed by atoms with Crippen LogP contribution in [0.25, 0.3) is 0 Å². The number of ether oxygens (including phenoxy) is 2. The first-order valence-corrected chi connectivity index (χ1v) is 8.80. The highest BCUT2D eigenvalue weighted by atomic mass is 31.1. The Balaban J connectivity index is 0.00000123. The topological polar surface area (TPSA) is 187 Å². The molecule has 1 saturated heterocycles. The van der Waals surface area contributed by atoms with E-state index in [4.69, 9.17) is 30.1 Å². The van der Waals surface area contributed by atoms with E-state index in [9.17, 15) is 10.2 Å². The Bertz CT molecular complexity index is 531. The maximum Gasteiger partial charge on any atom is 0.159 e. The van der Waals surface area contributed by atoms with Crippen LogP contribution in [0.2, 0.25) is 0 Å². The van der Waals surface area contributed by atoms with Crippen LogP contribution in [0.1, 0.15) is 6.42 Å². The zero-order valence-corrected chi connectivity index (χ0v) is 16.8. The number of methoxy groups -OCH3 is 1. The first kappa shape index (κ1) is 25.6. The quantitative estimate of drug-likeness (QED) is 0.267. The number of hydrogen-bond acceptors (Lipinski definition) is 12. The van der Waals surface area contributed by atoms with Crippen LogP contribution in [-0.2, 0) is 9.47 Å². The average Bonchev–Trinajstić information content (AvgIpc) is 2.67. The fraction of sp³-hybridized carbons (Fsp3) is 0.714. The summed E-state index contributed by atoms with van der Waals surface area (Å²) in [7, 11) is 5.10. The lowest BCUT2D eigenvalue weighted by atomic mass is 10.0. The molecule has 1 aromatic heterocycles. The molecule has 13 heteroatoms.